The highest BCUT2D eigenvalue weighted by Gasteiger charge is 2.42. The smallest absolute Gasteiger partial charge is 0.302 e. The fourth-order valence-corrected chi connectivity index (χ4v) is 5.84. The molecule has 0 saturated carbocycles. The van der Waals surface area contributed by atoms with Crippen molar-refractivity contribution in [2.75, 3.05) is 13.2 Å². The van der Waals surface area contributed by atoms with Gasteiger partial charge in [-0.1, -0.05) is 6.42 Å². The zero-order chi connectivity index (χ0) is 37.9. The van der Waals surface area contributed by atoms with Gasteiger partial charge in [0.15, 0.2) is 18.4 Å². The van der Waals surface area contributed by atoms with Crippen LogP contribution in [0.3, 0.4) is 0 Å². The molecule has 2 aliphatic rings. The number of carbonyl (C=O) groups excluding carboxylic acids is 5. The Morgan fingerprint density at radius 3 is 2.60 bits per heavy atom. The average Bonchev–Trinajstić information content (AvgIpc) is 3.54. The molecule has 4 rings (SSSR count). The second kappa shape index (κ2) is 18.7. The Hall–Kier alpha value is -4.69. The molecule has 4 N–H and O–H groups in total. The summed E-state index contributed by atoms with van der Waals surface area (Å²) in [4.78, 5) is 75.7. The van der Waals surface area contributed by atoms with Crippen LogP contribution in [0.5, 0.6) is 0 Å². The van der Waals surface area contributed by atoms with E-state index in [9.17, 15) is 44.3 Å². The third kappa shape index (κ3) is 10.7. The Kier molecular flexibility index (Phi) is 14.4. The highest BCUT2D eigenvalue weighted by molar-refractivity contribution is 5.98. The zero-order valence-corrected chi connectivity index (χ0v) is 29.1. The van der Waals surface area contributed by atoms with Crippen LogP contribution >= 0.6 is 0 Å². The number of carbonyl (C=O) groups is 5. The highest BCUT2D eigenvalue weighted by atomic mass is 16.7. The number of esters is 1. The van der Waals surface area contributed by atoms with Crippen molar-refractivity contribution in [3.05, 3.63) is 45.5 Å². The van der Waals surface area contributed by atoms with Crippen LogP contribution in [-0.2, 0) is 33.3 Å². The number of rotatable bonds is 17. The van der Waals surface area contributed by atoms with E-state index < -0.39 is 65.6 Å². The number of nitro groups is 1. The van der Waals surface area contributed by atoms with E-state index in [2.05, 4.69) is 20.7 Å². The topological polar surface area (TPSA) is 261 Å². The van der Waals surface area contributed by atoms with E-state index in [1.54, 1.807) is 6.92 Å². The number of hydrogen-bond donors (Lipinski definition) is 4. The van der Waals surface area contributed by atoms with Gasteiger partial charge in [0.25, 0.3) is 11.6 Å². The second-order valence-corrected chi connectivity index (χ2v) is 12.5. The number of aliphatic hydroxyl groups is 2. The van der Waals surface area contributed by atoms with Crippen molar-refractivity contribution in [1.29, 1.82) is 0 Å². The van der Waals surface area contributed by atoms with E-state index in [4.69, 9.17) is 18.9 Å². The predicted molar refractivity (Wildman–Crippen MR) is 177 cm³/mol. The molecule has 2 aliphatic heterocycles. The number of Topliss-reactive ketones (excluding diaryl/α,β-unsaturated/α-hetero) is 1. The van der Waals surface area contributed by atoms with Crippen LogP contribution in [0.1, 0.15) is 105 Å². The summed E-state index contributed by atoms with van der Waals surface area (Å²) >= 11 is 0. The monoisotopic (exact) mass is 732 g/mol. The highest BCUT2D eigenvalue weighted by Crippen LogP contribution is 2.35. The minimum absolute atomic E-state index is 0.0209. The second-order valence-electron chi connectivity index (χ2n) is 12.5. The number of non-ortho nitro benzene ring substituents is 1. The van der Waals surface area contributed by atoms with Gasteiger partial charge in [0.05, 0.1) is 41.0 Å². The number of nitro benzene ring substituents is 1. The van der Waals surface area contributed by atoms with Crippen molar-refractivity contribution in [1.82, 2.24) is 25.4 Å². The largest absolute Gasteiger partial charge is 0.465 e. The van der Waals surface area contributed by atoms with Crippen molar-refractivity contribution in [2.45, 2.75) is 115 Å². The van der Waals surface area contributed by atoms with E-state index in [-0.39, 0.29) is 73.3 Å². The molecule has 7 unspecified atom stereocenters. The Morgan fingerprint density at radius 1 is 1.13 bits per heavy atom. The quantitative estimate of drug-likeness (QED) is 0.0447. The molecule has 0 radical (unpaired) electrons. The van der Waals surface area contributed by atoms with Crippen LogP contribution in [0.25, 0.3) is 5.69 Å². The fourth-order valence-electron chi connectivity index (χ4n) is 5.84. The van der Waals surface area contributed by atoms with Crippen LogP contribution in [0, 0.1) is 10.1 Å². The molecule has 0 aliphatic carbocycles. The van der Waals surface area contributed by atoms with Crippen molar-refractivity contribution < 1.29 is 58.1 Å². The van der Waals surface area contributed by atoms with Gasteiger partial charge in [-0.15, -0.1) is 5.10 Å². The number of ether oxygens (including phenoxy) is 4. The summed E-state index contributed by atoms with van der Waals surface area (Å²) in [7, 11) is 0. The number of unbranched alkanes of at least 4 members (excludes halogenated alkanes) is 3. The number of benzene rings is 1. The Balaban J connectivity index is 1.67. The van der Waals surface area contributed by atoms with Gasteiger partial charge in [0.2, 0.25) is 17.5 Å². The molecule has 7 atom stereocenters. The number of nitrogens with zero attached hydrogens (tertiary/aromatic N) is 4. The maximum absolute atomic E-state index is 13.5. The van der Waals surface area contributed by atoms with Crippen LogP contribution in [0.4, 0.5) is 5.69 Å². The lowest BCUT2D eigenvalue weighted by atomic mass is 10.00. The summed E-state index contributed by atoms with van der Waals surface area (Å²) in [6.45, 7) is 4.12. The third-order valence-electron chi connectivity index (χ3n) is 8.49. The SMILES string of the molecule is CC(=O)NC1CC(OC2OC(c3nc(C(=O)CCOC(C)=O)nn3-c3ccc([N+](=O)[O-])cc3C(=O)NCCCCCC=O)CCC2O)C(C)OC1O. The number of nitrogens with one attached hydrogen (secondary N) is 2. The molecular weight excluding hydrogens is 688 g/mol. The molecule has 2 aromatic rings. The number of aliphatic hydroxyl groups excluding tert-OH is 2. The van der Waals surface area contributed by atoms with Gasteiger partial charge in [-0.3, -0.25) is 29.3 Å². The molecule has 0 bridgehead atoms. The van der Waals surface area contributed by atoms with Gasteiger partial charge in [-0.05, 0) is 38.7 Å². The normalized spacial score (nSPS) is 24.4. The molecule has 2 saturated heterocycles. The minimum atomic E-state index is -1.28. The summed E-state index contributed by atoms with van der Waals surface area (Å²) in [6, 6.07) is 2.75. The van der Waals surface area contributed by atoms with E-state index >= 15 is 0 Å². The molecule has 0 spiro atoms. The van der Waals surface area contributed by atoms with Gasteiger partial charge in [-0.2, -0.15) is 0 Å². The third-order valence-corrected chi connectivity index (χ3v) is 8.49. The van der Waals surface area contributed by atoms with E-state index in [1.807, 2.05) is 0 Å². The molecular formula is C33H44N6O13. The maximum Gasteiger partial charge on any atom is 0.302 e. The molecule has 284 valence electrons. The molecule has 19 heteroatoms. The number of aldehydes is 1. The number of aromatic nitrogens is 3. The standard InChI is InChI=1S/C33H44N6O13/c1-18-28(17-23(32(46)50-18)35-19(2)41)52-33-26(44)10-11-27(51-33)30-36-29(25(43)12-15-49-20(3)42)37-38(30)24-9-8-21(39(47)48)16-22(24)31(45)34-13-6-4-5-7-14-40/h8-9,14,16,18,23,26-28,32-33,44,46H,4-7,10-13,15,17H2,1-3H3,(H,34,45)(H,35,41). The maximum atomic E-state index is 13.5. The predicted octanol–water partition coefficient (Wildman–Crippen LogP) is 1.36. The summed E-state index contributed by atoms with van der Waals surface area (Å²) in [6.07, 6.45) is -2.85. The van der Waals surface area contributed by atoms with Crippen molar-refractivity contribution >= 4 is 35.5 Å². The lowest BCUT2D eigenvalue weighted by molar-refractivity contribution is -0.384. The molecule has 52 heavy (non-hydrogen) atoms. The first-order valence-electron chi connectivity index (χ1n) is 17.0. The number of amides is 2. The summed E-state index contributed by atoms with van der Waals surface area (Å²) in [5.74, 6) is -2.54. The van der Waals surface area contributed by atoms with Crippen molar-refractivity contribution in [3.63, 3.8) is 0 Å². The Bertz CT molecular complexity index is 1620. The van der Waals surface area contributed by atoms with Gasteiger partial charge >= 0.3 is 5.97 Å². The lowest BCUT2D eigenvalue weighted by Gasteiger charge is -2.41. The minimum Gasteiger partial charge on any atom is -0.465 e. The first-order chi connectivity index (χ1) is 24.8. The van der Waals surface area contributed by atoms with Gasteiger partial charge in [-0.25, -0.2) is 9.67 Å². The number of ketones is 1. The number of hydrogen-bond acceptors (Lipinski definition) is 15. The van der Waals surface area contributed by atoms with Crippen LogP contribution < -0.4 is 10.6 Å². The van der Waals surface area contributed by atoms with E-state index in [0.717, 1.165) is 12.4 Å². The van der Waals surface area contributed by atoms with Crippen molar-refractivity contribution in [3.8, 4) is 5.69 Å². The molecule has 19 nitrogen and oxygen atoms in total. The first-order valence-corrected chi connectivity index (χ1v) is 17.0. The summed E-state index contributed by atoms with van der Waals surface area (Å²) in [5, 5.41) is 42.6. The van der Waals surface area contributed by atoms with Crippen LogP contribution in [-0.4, -0.2) is 110 Å². The average molecular weight is 733 g/mol. The van der Waals surface area contributed by atoms with Crippen LogP contribution in [0.15, 0.2) is 18.2 Å². The van der Waals surface area contributed by atoms with E-state index in [1.165, 1.54) is 30.7 Å². The van der Waals surface area contributed by atoms with Gasteiger partial charge in [0.1, 0.15) is 18.5 Å². The van der Waals surface area contributed by atoms with E-state index in [0.29, 0.717) is 25.7 Å². The Labute approximate surface area is 298 Å². The molecule has 2 fully saturated rings. The first kappa shape index (κ1) is 40.1. The molecule has 1 aromatic heterocycles. The van der Waals surface area contributed by atoms with Crippen molar-refractivity contribution in [2.24, 2.45) is 0 Å². The molecule has 2 amide bonds. The fraction of sp³-hybridized carbons (Fsp3) is 0.606. The van der Waals surface area contributed by atoms with Gasteiger partial charge in [0, 0.05) is 51.8 Å². The summed E-state index contributed by atoms with van der Waals surface area (Å²) < 4.78 is 24.0. The molecule has 1 aromatic carbocycles. The lowest BCUT2D eigenvalue weighted by Crippen LogP contribution is -2.55. The summed E-state index contributed by atoms with van der Waals surface area (Å²) in [5.41, 5.74) is -0.484. The zero-order valence-electron chi connectivity index (χ0n) is 29.1. The van der Waals surface area contributed by atoms with Crippen LogP contribution in [0.2, 0.25) is 0 Å². The van der Waals surface area contributed by atoms with Gasteiger partial charge < -0.3 is 44.6 Å². The Morgan fingerprint density at radius 2 is 1.90 bits per heavy atom. The molecule has 3 heterocycles.